The predicted molar refractivity (Wildman–Crippen MR) is 129 cm³/mol. The molecule has 0 aliphatic heterocycles. The molecule has 0 bridgehead atoms. The lowest BCUT2D eigenvalue weighted by molar-refractivity contribution is -0.144. The van der Waals surface area contributed by atoms with Gasteiger partial charge in [-0.15, -0.1) is 0 Å². The van der Waals surface area contributed by atoms with Gasteiger partial charge in [0.2, 0.25) is 5.88 Å². The van der Waals surface area contributed by atoms with E-state index in [0.29, 0.717) is 29.3 Å². The summed E-state index contributed by atoms with van der Waals surface area (Å²) in [5.74, 6) is -0.257. The number of anilines is 1. The van der Waals surface area contributed by atoms with Crippen molar-refractivity contribution in [3.63, 3.8) is 0 Å². The van der Waals surface area contributed by atoms with Crippen molar-refractivity contribution in [2.24, 2.45) is 0 Å². The molecule has 1 aliphatic rings. The fourth-order valence-corrected chi connectivity index (χ4v) is 5.22. The average Bonchev–Trinajstić information content (AvgIpc) is 3.24. The number of esters is 1. The minimum Gasteiger partial charge on any atom is -0.755 e. The van der Waals surface area contributed by atoms with Gasteiger partial charge in [0.25, 0.3) is 0 Å². The normalized spacial score (nSPS) is 16.1. The number of ether oxygens (including phenoxy) is 2. The number of fused-ring (bicyclic) bond motifs is 1. The summed E-state index contributed by atoms with van der Waals surface area (Å²) in [5.41, 5.74) is 0.874. The molecule has 2 atom stereocenters. The molecule has 9 nitrogen and oxygen atoms in total. The molecule has 1 aliphatic carbocycles. The smallest absolute Gasteiger partial charge is 0.416 e. The highest BCUT2D eigenvalue weighted by Crippen LogP contribution is 2.40. The van der Waals surface area contributed by atoms with Crippen LogP contribution in [0.4, 0.5) is 18.9 Å². The summed E-state index contributed by atoms with van der Waals surface area (Å²) in [6.07, 6.45) is 0.217. The third-order valence-corrected chi connectivity index (χ3v) is 7.06. The number of carbonyl (C=O) groups is 1. The van der Waals surface area contributed by atoms with Crippen molar-refractivity contribution < 1.29 is 36.2 Å². The van der Waals surface area contributed by atoms with Gasteiger partial charge in [0.05, 0.1) is 40.8 Å². The second kappa shape index (κ2) is 11.2. The van der Waals surface area contributed by atoms with Gasteiger partial charge in [0.1, 0.15) is 12.3 Å². The molecule has 3 aromatic rings. The molecule has 0 N–H and O–H groups in total. The maximum atomic E-state index is 12.8. The Labute approximate surface area is 221 Å². The van der Waals surface area contributed by atoms with Crippen LogP contribution in [-0.4, -0.2) is 36.1 Å². The summed E-state index contributed by atoms with van der Waals surface area (Å²) in [6.45, 7) is 1.88. The highest BCUT2D eigenvalue weighted by Gasteiger charge is 2.32. The van der Waals surface area contributed by atoms with Crippen LogP contribution in [0.15, 0.2) is 47.2 Å². The van der Waals surface area contributed by atoms with Gasteiger partial charge in [-0.25, -0.2) is 4.98 Å². The Balaban J connectivity index is 1.57. The van der Waals surface area contributed by atoms with Gasteiger partial charge in [-0.2, -0.15) is 18.3 Å². The number of alkyl halides is 3. The molecule has 4 rings (SSSR count). The van der Waals surface area contributed by atoms with Crippen molar-refractivity contribution in [2.75, 3.05) is 10.9 Å². The zero-order valence-electron chi connectivity index (χ0n) is 19.4. The number of aromatic nitrogens is 3. The van der Waals surface area contributed by atoms with Crippen LogP contribution in [0.3, 0.4) is 0 Å². The quantitative estimate of drug-likeness (QED) is 0.261. The molecule has 198 valence electrons. The van der Waals surface area contributed by atoms with Crippen LogP contribution in [0.2, 0.25) is 0 Å². The SMILES string of the molecule is CCOC(=O)Cn1ncc2c1CCCC2N(c1cnc(Oc2ccc(C(F)(F)F)cc2)c(Br)c1)S(=O)[O-]. The molecule has 2 aromatic heterocycles. The van der Waals surface area contributed by atoms with Crippen LogP contribution in [0.1, 0.15) is 42.6 Å². The topological polar surface area (TPSA) is 110 Å². The third kappa shape index (κ3) is 6.13. The van der Waals surface area contributed by atoms with E-state index < -0.39 is 35.0 Å². The average molecular weight is 602 g/mol. The van der Waals surface area contributed by atoms with Crippen molar-refractivity contribution in [1.82, 2.24) is 14.8 Å². The van der Waals surface area contributed by atoms with Crippen LogP contribution in [-0.2, 0) is 39.9 Å². The second-order valence-electron chi connectivity index (χ2n) is 8.06. The minimum absolute atomic E-state index is 0.0479. The summed E-state index contributed by atoms with van der Waals surface area (Å²) in [7, 11) is 0. The maximum absolute atomic E-state index is 12.8. The highest BCUT2D eigenvalue weighted by atomic mass is 79.9. The van der Waals surface area contributed by atoms with Gasteiger partial charge < -0.3 is 14.0 Å². The summed E-state index contributed by atoms with van der Waals surface area (Å²) in [5, 5.41) is 4.28. The summed E-state index contributed by atoms with van der Waals surface area (Å²) >= 11 is 0.626. The zero-order valence-corrected chi connectivity index (χ0v) is 21.8. The van der Waals surface area contributed by atoms with E-state index in [1.807, 2.05) is 0 Å². The van der Waals surface area contributed by atoms with Gasteiger partial charge in [-0.1, -0.05) is 0 Å². The number of nitrogens with zero attached hydrogens (tertiary/aromatic N) is 4. The summed E-state index contributed by atoms with van der Waals surface area (Å²) in [6, 6.07) is 5.04. The Morgan fingerprint density at radius 3 is 2.65 bits per heavy atom. The monoisotopic (exact) mass is 601 g/mol. The Morgan fingerprint density at radius 1 is 1.30 bits per heavy atom. The van der Waals surface area contributed by atoms with E-state index in [1.54, 1.807) is 13.1 Å². The lowest BCUT2D eigenvalue weighted by Gasteiger charge is -2.36. The molecule has 37 heavy (non-hydrogen) atoms. The van der Waals surface area contributed by atoms with E-state index in [0.717, 1.165) is 17.8 Å². The van der Waals surface area contributed by atoms with E-state index in [4.69, 9.17) is 9.47 Å². The van der Waals surface area contributed by atoms with E-state index in [1.165, 1.54) is 33.4 Å². The number of pyridine rings is 1. The first kappa shape index (κ1) is 27.1. The van der Waals surface area contributed by atoms with Crippen molar-refractivity contribution in [2.45, 2.75) is 44.9 Å². The Kier molecular flexibility index (Phi) is 8.19. The summed E-state index contributed by atoms with van der Waals surface area (Å²) < 4.78 is 76.6. The lowest BCUT2D eigenvalue weighted by Crippen LogP contribution is -2.33. The van der Waals surface area contributed by atoms with Crippen molar-refractivity contribution >= 4 is 38.9 Å². The molecule has 1 aromatic carbocycles. The van der Waals surface area contributed by atoms with Gasteiger partial charge in [0, 0.05) is 22.5 Å². The molecule has 2 unspecified atom stereocenters. The lowest BCUT2D eigenvalue weighted by atomic mass is 9.92. The van der Waals surface area contributed by atoms with Gasteiger partial charge in [-0.05, 0) is 72.4 Å². The molecule has 0 saturated heterocycles. The van der Waals surface area contributed by atoms with Crippen molar-refractivity contribution in [1.29, 1.82) is 0 Å². The fraction of sp³-hybridized carbons (Fsp3) is 0.348. The Bertz CT molecular complexity index is 1300. The molecule has 0 fully saturated rings. The Hall–Kier alpha value is -2.97. The van der Waals surface area contributed by atoms with Crippen LogP contribution in [0, 0.1) is 0 Å². The largest absolute Gasteiger partial charge is 0.755 e. The third-order valence-electron chi connectivity index (χ3n) is 5.70. The van der Waals surface area contributed by atoms with Gasteiger partial charge in [-0.3, -0.25) is 18.0 Å². The maximum Gasteiger partial charge on any atom is 0.416 e. The second-order valence-corrected chi connectivity index (χ2v) is 9.75. The highest BCUT2D eigenvalue weighted by molar-refractivity contribution is 9.10. The van der Waals surface area contributed by atoms with Crippen LogP contribution in [0.25, 0.3) is 0 Å². The van der Waals surface area contributed by atoms with Crippen LogP contribution >= 0.6 is 15.9 Å². The molecular formula is C23H21BrF3N4O5S-. The van der Waals surface area contributed by atoms with Crippen molar-refractivity contribution in [3.8, 4) is 11.6 Å². The van der Waals surface area contributed by atoms with Crippen molar-refractivity contribution in [3.05, 3.63) is 64.0 Å². The number of hydrogen-bond donors (Lipinski definition) is 0. The van der Waals surface area contributed by atoms with Crippen LogP contribution in [0.5, 0.6) is 11.6 Å². The number of rotatable bonds is 8. The standard InChI is InChI=1S/C23H22BrF3N4O5S/c1-2-35-21(32)13-30-19-4-3-5-20(17(19)12-29-30)31(37(33)34)15-10-18(24)22(28-11-15)36-16-8-6-14(7-9-16)23(25,26)27/h6-12,20H,2-5,13H2,1H3,(H,33,34)/p-1. The molecule has 14 heteroatoms. The molecule has 0 radical (unpaired) electrons. The van der Waals surface area contributed by atoms with Gasteiger partial charge >= 0.3 is 12.1 Å². The number of benzene rings is 1. The molecule has 0 saturated carbocycles. The predicted octanol–water partition coefficient (Wildman–Crippen LogP) is 5.09. The summed E-state index contributed by atoms with van der Waals surface area (Å²) in [4.78, 5) is 16.1. The first-order valence-electron chi connectivity index (χ1n) is 11.2. The van der Waals surface area contributed by atoms with Gasteiger partial charge in [0.15, 0.2) is 0 Å². The first-order valence-corrected chi connectivity index (χ1v) is 13.0. The van der Waals surface area contributed by atoms with E-state index in [-0.39, 0.29) is 30.5 Å². The molecule has 0 amide bonds. The van der Waals surface area contributed by atoms with E-state index >= 15 is 0 Å². The molecular weight excluding hydrogens is 581 g/mol. The zero-order chi connectivity index (χ0) is 26.7. The van der Waals surface area contributed by atoms with E-state index in [2.05, 4.69) is 26.0 Å². The first-order chi connectivity index (χ1) is 17.6. The molecule has 2 heterocycles. The number of hydrogen-bond acceptors (Lipinski definition) is 7. The number of halogens is 4. The minimum atomic E-state index is -4.47. The van der Waals surface area contributed by atoms with E-state index in [9.17, 15) is 26.7 Å². The van der Waals surface area contributed by atoms with Crippen LogP contribution < -0.4 is 9.04 Å². The molecule has 0 spiro atoms. The number of carbonyl (C=O) groups excluding carboxylic acids is 1. The Morgan fingerprint density at radius 2 is 2.03 bits per heavy atom. The fourth-order valence-electron chi connectivity index (χ4n) is 4.11.